The fraction of sp³-hybridized carbons (Fsp3) is 0.750. The van der Waals surface area contributed by atoms with Crippen molar-refractivity contribution in [1.82, 2.24) is 0 Å². The van der Waals surface area contributed by atoms with Gasteiger partial charge in [0.05, 0.1) is 5.38 Å². The molecule has 0 saturated heterocycles. The molecule has 0 aliphatic heterocycles. The molecule has 2 unspecified atom stereocenters. The normalized spacial score (nSPS) is 15.1. The van der Waals surface area contributed by atoms with Gasteiger partial charge < -0.3 is 0 Å². The number of alkyl halides is 8. The highest BCUT2D eigenvalue weighted by Gasteiger charge is 2.40. The summed E-state index contributed by atoms with van der Waals surface area (Å²) in [5, 5.41) is -3.02. The van der Waals surface area contributed by atoms with Crippen LogP contribution in [0.25, 0.3) is 0 Å². The molecular weight excluding hydrogens is 352 g/mol. The summed E-state index contributed by atoms with van der Waals surface area (Å²) in [6.45, 7) is 2.53. The van der Waals surface area contributed by atoms with Gasteiger partial charge in [-0.3, -0.25) is 0 Å². The zero-order valence-corrected chi connectivity index (χ0v) is 12.1. The molecule has 0 heterocycles. The predicted molar refractivity (Wildman–Crippen MR) is 63.6 cm³/mol. The summed E-state index contributed by atoms with van der Waals surface area (Å²) in [5.41, 5.74) is 0. The van der Waals surface area contributed by atoms with E-state index in [1.54, 1.807) is 0 Å². The van der Waals surface area contributed by atoms with Crippen LogP contribution in [0.5, 0.6) is 0 Å². The Labute approximate surface area is 120 Å². The summed E-state index contributed by atoms with van der Waals surface area (Å²) in [7, 11) is 8.22. The zero-order chi connectivity index (χ0) is 15.6. The van der Waals surface area contributed by atoms with Crippen molar-refractivity contribution >= 4 is 44.9 Å². The Balaban J connectivity index is -0.000000225. The molecule has 0 fully saturated rings. The van der Waals surface area contributed by atoms with E-state index in [-0.39, 0.29) is 6.08 Å². The van der Waals surface area contributed by atoms with Crippen molar-refractivity contribution in [3.8, 4) is 0 Å². The molecule has 0 nitrogen and oxygen atoms in total. The number of rotatable bonds is 1. The lowest BCUT2D eigenvalue weighted by atomic mass is 10.3. The van der Waals surface area contributed by atoms with Crippen molar-refractivity contribution in [2.24, 2.45) is 0 Å². The molecule has 0 aromatic carbocycles. The van der Waals surface area contributed by atoms with Crippen LogP contribution < -0.4 is 0 Å². The lowest BCUT2D eigenvalue weighted by Crippen LogP contribution is -2.29. The Bertz CT molecular complexity index is 211. The van der Waals surface area contributed by atoms with Crippen molar-refractivity contribution in [2.75, 3.05) is 0 Å². The molecule has 112 valence electrons. The topological polar surface area (TPSA) is 0 Å². The van der Waals surface area contributed by atoms with Crippen molar-refractivity contribution in [3.63, 3.8) is 0 Å². The third-order valence-corrected chi connectivity index (χ3v) is 2.08. The summed E-state index contributed by atoms with van der Waals surface area (Å²) in [6.07, 6.45) is -7.37. The second kappa shape index (κ2) is 11.3. The van der Waals surface area contributed by atoms with Crippen LogP contribution in [0.3, 0.4) is 0 Å². The third-order valence-electron chi connectivity index (χ3n) is 1.07. The Morgan fingerprint density at radius 2 is 1.28 bits per heavy atom. The number of hydrogen-bond donors (Lipinski definition) is 0. The van der Waals surface area contributed by atoms with Crippen LogP contribution in [0.1, 0.15) is 13.8 Å². The third kappa shape index (κ3) is 18.8. The van der Waals surface area contributed by atoms with E-state index in [1.807, 2.05) is 0 Å². The molecule has 0 saturated carbocycles. The van der Waals surface area contributed by atoms with Gasteiger partial charge in [-0.15, -0.1) is 23.2 Å². The van der Waals surface area contributed by atoms with Crippen LogP contribution in [0.15, 0.2) is 12.2 Å². The standard InChI is InChI=1S/C4H5Cl2F3.C4H5F3.Cl2/c1-2(5)3(6)4(7,8)9;1-2-3-4(5,6)7;1-2/h2-3H,1H3;2-3H,1H3;. The first kappa shape index (κ1) is 23.6. The Hall–Kier alpha value is 0.480. The molecule has 0 aromatic rings. The monoisotopic (exact) mass is 360 g/mol. The summed E-state index contributed by atoms with van der Waals surface area (Å²) in [4.78, 5) is 0. The first-order valence-corrected chi connectivity index (χ1v) is 6.13. The van der Waals surface area contributed by atoms with E-state index in [1.165, 1.54) is 13.8 Å². The van der Waals surface area contributed by atoms with Crippen LogP contribution in [0, 0.1) is 0 Å². The van der Waals surface area contributed by atoms with Crippen molar-refractivity contribution in [2.45, 2.75) is 37.0 Å². The SMILES string of the molecule is CC(Cl)C(Cl)C(F)(F)F.CC=CC(F)(F)F.ClCl. The van der Waals surface area contributed by atoms with E-state index in [0.29, 0.717) is 0 Å². The summed E-state index contributed by atoms with van der Waals surface area (Å²) in [6, 6.07) is 0. The van der Waals surface area contributed by atoms with Crippen LogP contribution in [0.4, 0.5) is 26.3 Å². The van der Waals surface area contributed by atoms with Gasteiger partial charge in [0.25, 0.3) is 0 Å². The summed E-state index contributed by atoms with van der Waals surface area (Å²) in [5.74, 6) is 0. The van der Waals surface area contributed by atoms with Gasteiger partial charge in [0, 0.05) is 27.8 Å². The van der Waals surface area contributed by atoms with E-state index in [9.17, 15) is 26.3 Å². The molecule has 0 aliphatic carbocycles. The minimum absolute atomic E-state index is 0.188. The Morgan fingerprint density at radius 1 is 0.944 bits per heavy atom. The second-order valence-corrected chi connectivity index (χ2v) is 3.82. The first-order valence-electron chi connectivity index (χ1n) is 4.11. The van der Waals surface area contributed by atoms with E-state index >= 15 is 0 Å². The first-order chi connectivity index (χ1) is 7.91. The van der Waals surface area contributed by atoms with Crippen molar-refractivity contribution < 1.29 is 26.3 Å². The average molecular weight is 362 g/mol. The molecule has 0 N–H and O–H groups in total. The molecule has 0 aromatic heterocycles. The van der Waals surface area contributed by atoms with Gasteiger partial charge in [-0.1, -0.05) is 6.08 Å². The van der Waals surface area contributed by atoms with E-state index in [2.05, 4.69) is 21.7 Å². The van der Waals surface area contributed by atoms with E-state index in [0.717, 1.165) is 6.08 Å². The van der Waals surface area contributed by atoms with E-state index < -0.39 is 23.1 Å². The average Bonchev–Trinajstić information content (AvgIpc) is 2.17. The second-order valence-electron chi connectivity index (χ2n) is 2.66. The number of hydrogen-bond acceptors (Lipinski definition) is 0. The number of allylic oxidation sites excluding steroid dienone is 2. The maximum absolute atomic E-state index is 11.5. The predicted octanol–water partition coefficient (Wildman–Crippen LogP) is 6.29. The van der Waals surface area contributed by atoms with Gasteiger partial charge in [0.2, 0.25) is 0 Å². The molecule has 0 spiro atoms. The molecule has 0 radical (unpaired) electrons. The quantitative estimate of drug-likeness (QED) is 0.292. The largest absolute Gasteiger partial charge is 0.409 e. The Morgan fingerprint density at radius 3 is 1.28 bits per heavy atom. The molecule has 0 bridgehead atoms. The molecule has 0 amide bonds. The lowest BCUT2D eigenvalue weighted by molar-refractivity contribution is -0.130. The maximum atomic E-state index is 11.5. The summed E-state index contributed by atoms with van der Waals surface area (Å²) < 4.78 is 67.4. The van der Waals surface area contributed by atoms with Crippen LogP contribution in [-0.2, 0) is 0 Å². The van der Waals surface area contributed by atoms with Gasteiger partial charge in [-0.25, -0.2) is 0 Å². The highest BCUT2D eigenvalue weighted by Crippen LogP contribution is 2.29. The highest BCUT2D eigenvalue weighted by atomic mass is 36.5. The van der Waals surface area contributed by atoms with Gasteiger partial charge in [-0.05, 0) is 13.8 Å². The molecule has 0 aliphatic rings. The minimum Gasteiger partial charge on any atom is -0.169 e. The smallest absolute Gasteiger partial charge is 0.169 e. The molecule has 10 heteroatoms. The van der Waals surface area contributed by atoms with Crippen LogP contribution in [0.2, 0.25) is 0 Å². The fourth-order valence-electron chi connectivity index (χ4n) is 0.449. The highest BCUT2D eigenvalue weighted by molar-refractivity contribution is 6.85. The van der Waals surface area contributed by atoms with Gasteiger partial charge >= 0.3 is 12.4 Å². The Kier molecular flexibility index (Phi) is 14.8. The van der Waals surface area contributed by atoms with Gasteiger partial charge in [-0.2, -0.15) is 26.3 Å². The van der Waals surface area contributed by atoms with Crippen molar-refractivity contribution in [1.29, 1.82) is 0 Å². The molecule has 18 heavy (non-hydrogen) atoms. The maximum Gasteiger partial charge on any atom is 0.409 e. The lowest BCUT2D eigenvalue weighted by Gasteiger charge is -2.14. The fourth-order valence-corrected chi connectivity index (χ4v) is 0.592. The zero-order valence-electron chi connectivity index (χ0n) is 9.09. The van der Waals surface area contributed by atoms with Gasteiger partial charge in [0.1, 0.15) is 5.38 Å². The molecular formula is C8H10Cl4F6. The minimum atomic E-state index is -4.39. The number of halogens is 10. The van der Waals surface area contributed by atoms with Crippen LogP contribution >= 0.6 is 44.9 Å². The van der Waals surface area contributed by atoms with Gasteiger partial charge in [0.15, 0.2) is 0 Å². The molecule has 2 atom stereocenters. The van der Waals surface area contributed by atoms with Crippen LogP contribution in [-0.4, -0.2) is 23.1 Å². The molecule has 0 rings (SSSR count). The van der Waals surface area contributed by atoms with Crippen molar-refractivity contribution in [3.05, 3.63) is 12.2 Å². The summed E-state index contributed by atoms with van der Waals surface area (Å²) >= 11 is 9.90. The van der Waals surface area contributed by atoms with E-state index in [4.69, 9.17) is 23.2 Å².